The van der Waals surface area contributed by atoms with Crippen LogP contribution in [-0.4, -0.2) is 18.8 Å². The van der Waals surface area contributed by atoms with Crippen LogP contribution in [0.3, 0.4) is 0 Å². The van der Waals surface area contributed by atoms with Crippen LogP contribution in [0.15, 0.2) is 16.6 Å². The van der Waals surface area contributed by atoms with Gasteiger partial charge in [0.1, 0.15) is 11.6 Å². The number of aliphatic hydroxyl groups excluding tert-OH is 1. The molecule has 0 heterocycles. The summed E-state index contributed by atoms with van der Waals surface area (Å²) in [7, 11) is 1.52. The molecule has 0 amide bonds. The molecule has 0 radical (unpaired) electrons. The highest BCUT2D eigenvalue weighted by Crippen LogP contribution is 2.25. The van der Waals surface area contributed by atoms with Crippen LogP contribution in [0.1, 0.15) is 5.56 Å². The number of methoxy groups -OCH3 is 1. The molecule has 0 saturated carbocycles. The van der Waals surface area contributed by atoms with Crippen molar-refractivity contribution in [3.63, 3.8) is 0 Å². The SMILES string of the molecule is COc1cc(Br)c(F)c(CCO)c1. The summed E-state index contributed by atoms with van der Waals surface area (Å²) in [6.45, 7) is -0.0729. The van der Waals surface area contributed by atoms with E-state index in [-0.39, 0.29) is 12.4 Å². The van der Waals surface area contributed by atoms with Crippen molar-refractivity contribution < 1.29 is 14.2 Å². The zero-order valence-electron chi connectivity index (χ0n) is 7.18. The van der Waals surface area contributed by atoms with Crippen molar-refractivity contribution in [3.05, 3.63) is 28.0 Å². The van der Waals surface area contributed by atoms with E-state index in [2.05, 4.69) is 15.9 Å². The molecule has 0 aliphatic heterocycles. The summed E-state index contributed by atoms with van der Waals surface area (Å²) >= 11 is 3.07. The van der Waals surface area contributed by atoms with Gasteiger partial charge in [0.05, 0.1) is 11.6 Å². The van der Waals surface area contributed by atoms with E-state index in [9.17, 15) is 4.39 Å². The number of hydrogen-bond acceptors (Lipinski definition) is 2. The molecule has 1 aromatic rings. The van der Waals surface area contributed by atoms with Crippen molar-refractivity contribution in [3.8, 4) is 5.75 Å². The lowest BCUT2D eigenvalue weighted by Gasteiger charge is -2.06. The van der Waals surface area contributed by atoms with Crippen molar-refractivity contribution >= 4 is 15.9 Å². The van der Waals surface area contributed by atoms with Crippen LogP contribution in [0.4, 0.5) is 4.39 Å². The Morgan fingerprint density at radius 1 is 1.54 bits per heavy atom. The summed E-state index contributed by atoms with van der Waals surface area (Å²) in [4.78, 5) is 0. The van der Waals surface area contributed by atoms with Gasteiger partial charge >= 0.3 is 0 Å². The molecular formula is C9H10BrFO2. The number of benzene rings is 1. The lowest BCUT2D eigenvalue weighted by molar-refractivity contribution is 0.297. The van der Waals surface area contributed by atoms with Crippen molar-refractivity contribution in [2.24, 2.45) is 0 Å². The van der Waals surface area contributed by atoms with E-state index in [1.54, 1.807) is 12.1 Å². The maximum absolute atomic E-state index is 13.3. The van der Waals surface area contributed by atoms with Crippen molar-refractivity contribution in [2.75, 3.05) is 13.7 Å². The summed E-state index contributed by atoms with van der Waals surface area (Å²) in [6, 6.07) is 3.13. The average molecular weight is 249 g/mol. The molecule has 0 aliphatic rings. The fourth-order valence-corrected chi connectivity index (χ4v) is 1.52. The van der Waals surface area contributed by atoms with Gasteiger partial charge in [-0.05, 0) is 40.0 Å². The fourth-order valence-electron chi connectivity index (χ4n) is 1.04. The molecule has 0 saturated heterocycles. The standard InChI is InChI=1S/C9H10BrFO2/c1-13-7-4-6(2-3-12)9(11)8(10)5-7/h4-5,12H,2-3H2,1H3. The summed E-state index contributed by atoms with van der Waals surface area (Å²) in [5.41, 5.74) is 0.453. The minimum absolute atomic E-state index is 0.0729. The smallest absolute Gasteiger partial charge is 0.140 e. The van der Waals surface area contributed by atoms with Gasteiger partial charge in [0.15, 0.2) is 0 Å². The van der Waals surface area contributed by atoms with Crippen molar-refractivity contribution in [2.45, 2.75) is 6.42 Å². The van der Waals surface area contributed by atoms with Gasteiger partial charge in [0.25, 0.3) is 0 Å². The summed E-state index contributed by atoms with van der Waals surface area (Å²) in [5, 5.41) is 8.68. The Hall–Kier alpha value is -0.610. The van der Waals surface area contributed by atoms with E-state index in [4.69, 9.17) is 9.84 Å². The Balaban J connectivity index is 3.09. The van der Waals surface area contributed by atoms with Crippen LogP contribution in [0, 0.1) is 5.82 Å². The zero-order valence-corrected chi connectivity index (χ0v) is 8.77. The van der Waals surface area contributed by atoms with E-state index >= 15 is 0 Å². The second-order valence-electron chi connectivity index (χ2n) is 2.56. The van der Waals surface area contributed by atoms with Crippen LogP contribution < -0.4 is 4.74 Å². The lowest BCUT2D eigenvalue weighted by Crippen LogP contribution is -1.97. The van der Waals surface area contributed by atoms with Crippen molar-refractivity contribution in [1.82, 2.24) is 0 Å². The van der Waals surface area contributed by atoms with Gasteiger partial charge in [-0.1, -0.05) is 0 Å². The highest BCUT2D eigenvalue weighted by atomic mass is 79.9. The molecular weight excluding hydrogens is 239 g/mol. The first-order valence-corrected chi connectivity index (χ1v) is 4.61. The Morgan fingerprint density at radius 3 is 2.77 bits per heavy atom. The van der Waals surface area contributed by atoms with E-state index in [1.165, 1.54) is 7.11 Å². The molecule has 4 heteroatoms. The van der Waals surface area contributed by atoms with E-state index in [0.717, 1.165) is 0 Å². The van der Waals surface area contributed by atoms with E-state index in [0.29, 0.717) is 22.2 Å². The van der Waals surface area contributed by atoms with Gasteiger partial charge < -0.3 is 9.84 Å². The largest absolute Gasteiger partial charge is 0.497 e. The summed E-state index contributed by atoms with van der Waals surface area (Å²) < 4.78 is 18.6. The maximum atomic E-state index is 13.3. The molecule has 1 rings (SSSR count). The quantitative estimate of drug-likeness (QED) is 0.889. The Labute approximate surface area is 84.5 Å². The molecule has 0 aliphatic carbocycles. The first-order valence-electron chi connectivity index (χ1n) is 3.81. The summed E-state index contributed by atoms with van der Waals surface area (Å²) in [5.74, 6) is 0.242. The van der Waals surface area contributed by atoms with Crippen LogP contribution in [0.2, 0.25) is 0 Å². The fraction of sp³-hybridized carbons (Fsp3) is 0.333. The lowest BCUT2D eigenvalue weighted by atomic mass is 10.1. The Bertz CT molecular complexity index is 302. The number of hydrogen-bond donors (Lipinski definition) is 1. The third-order valence-electron chi connectivity index (χ3n) is 1.69. The van der Waals surface area contributed by atoms with Gasteiger partial charge in [-0.2, -0.15) is 0 Å². The van der Waals surface area contributed by atoms with Gasteiger partial charge in [-0.15, -0.1) is 0 Å². The molecule has 0 aromatic heterocycles. The monoisotopic (exact) mass is 248 g/mol. The number of ether oxygens (including phenoxy) is 1. The third kappa shape index (κ3) is 2.42. The number of halogens is 2. The molecule has 0 fully saturated rings. The molecule has 1 N–H and O–H groups in total. The zero-order chi connectivity index (χ0) is 9.84. The molecule has 1 aromatic carbocycles. The highest BCUT2D eigenvalue weighted by Gasteiger charge is 2.08. The molecule has 0 spiro atoms. The Morgan fingerprint density at radius 2 is 2.23 bits per heavy atom. The molecule has 0 bridgehead atoms. The maximum Gasteiger partial charge on any atom is 0.140 e. The normalized spacial score (nSPS) is 10.2. The van der Waals surface area contributed by atoms with Crippen molar-refractivity contribution in [1.29, 1.82) is 0 Å². The summed E-state index contributed by atoms with van der Waals surface area (Å²) in [6.07, 6.45) is 0.293. The third-order valence-corrected chi connectivity index (χ3v) is 2.27. The molecule has 0 unspecified atom stereocenters. The van der Waals surface area contributed by atoms with Crippen LogP contribution in [0.25, 0.3) is 0 Å². The second-order valence-corrected chi connectivity index (χ2v) is 3.41. The van der Waals surface area contributed by atoms with Crippen LogP contribution in [-0.2, 0) is 6.42 Å². The number of aliphatic hydroxyl groups is 1. The van der Waals surface area contributed by atoms with E-state index in [1.807, 2.05) is 0 Å². The number of rotatable bonds is 3. The molecule has 0 atom stereocenters. The van der Waals surface area contributed by atoms with Gasteiger partial charge in [-0.25, -0.2) is 4.39 Å². The highest BCUT2D eigenvalue weighted by molar-refractivity contribution is 9.10. The van der Waals surface area contributed by atoms with E-state index < -0.39 is 0 Å². The molecule has 72 valence electrons. The van der Waals surface area contributed by atoms with Gasteiger partial charge in [0, 0.05) is 6.61 Å². The van der Waals surface area contributed by atoms with Gasteiger partial charge in [0.2, 0.25) is 0 Å². The topological polar surface area (TPSA) is 29.5 Å². The second kappa shape index (κ2) is 4.58. The molecule has 13 heavy (non-hydrogen) atoms. The Kier molecular flexibility index (Phi) is 3.69. The first kappa shape index (κ1) is 10.5. The average Bonchev–Trinajstić information content (AvgIpc) is 2.13. The minimum atomic E-state index is -0.338. The predicted octanol–water partition coefficient (Wildman–Crippen LogP) is 2.13. The van der Waals surface area contributed by atoms with Crippen LogP contribution >= 0.6 is 15.9 Å². The first-order chi connectivity index (χ1) is 6.19. The molecule has 2 nitrogen and oxygen atoms in total. The van der Waals surface area contributed by atoms with Crippen LogP contribution in [0.5, 0.6) is 5.75 Å². The van der Waals surface area contributed by atoms with Gasteiger partial charge in [-0.3, -0.25) is 0 Å². The predicted molar refractivity (Wildman–Crippen MR) is 51.4 cm³/mol. The minimum Gasteiger partial charge on any atom is -0.497 e.